The van der Waals surface area contributed by atoms with Gasteiger partial charge in [-0.1, -0.05) is 42.0 Å². The van der Waals surface area contributed by atoms with Gasteiger partial charge in [0.05, 0.1) is 5.75 Å². The minimum absolute atomic E-state index is 0.00258. The first-order chi connectivity index (χ1) is 15.4. The lowest BCUT2D eigenvalue weighted by Crippen LogP contribution is -2.29. The third kappa shape index (κ3) is 4.86. The van der Waals surface area contributed by atoms with Gasteiger partial charge in [0.2, 0.25) is 5.91 Å². The Kier molecular flexibility index (Phi) is 6.61. The van der Waals surface area contributed by atoms with Gasteiger partial charge in [-0.15, -0.1) is 11.8 Å². The van der Waals surface area contributed by atoms with Crippen molar-refractivity contribution in [2.45, 2.75) is 25.6 Å². The Morgan fingerprint density at radius 2 is 1.88 bits per heavy atom. The van der Waals surface area contributed by atoms with E-state index in [1.165, 1.54) is 35.0 Å². The van der Waals surface area contributed by atoms with E-state index in [1.54, 1.807) is 23.1 Å². The van der Waals surface area contributed by atoms with Crippen molar-refractivity contribution in [3.05, 3.63) is 100 Å². The highest BCUT2D eigenvalue weighted by Gasteiger charge is 2.34. The highest BCUT2D eigenvalue weighted by Crippen LogP contribution is 2.42. The Labute approximate surface area is 191 Å². The number of nitrogens with zero attached hydrogens (tertiary/aromatic N) is 1. The first-order valence-electron chi connectivity index (χ1n) is 10.6. The van der Waals surface area contributed by atoms with Crippen molar-refractivity contribution in [1.29, 1.82) is 0 Å². The van der Waals surface area contributed by atoms with Gasteiger partial charge in [0.25, 0.3) is 5.91 Å². The summed E-state index contributed by atoms with van der Waals surface area (Å²) < 4.78 is 13.3. The number of benzene rings is 3. The Balaban J connectivity index is 1.46. The molecule has 1 unspecified atom stereocenters. The number of thioether (sulfide) groups is 1. The zero-order valence-electron chi connectivity index (χ0n) is 18.1. The van der Waals surface area contributed by atoms with Crippen molar-refractivity contribution in [2.24, 2.45) is 0 Å². The number of carbonyl (C=O) groups excluding carboxylic acids is 2. The fraction of sp³-hybridized carbons (Fsp3) is 0.231. The summed E-state index contributed by atoms with van der Waals surface area (Å²) in [4.78, 5) is 27.0. The third-order valence-electron chi connectivity index (χ3n) is 5.52. The van der Waals surface area contributed by atoms with Crippen molar-refractivity contribution in [3.8, 4) is 0 Å². The van der Waals surface area contributed by atoms with Crippen molar-refractivity contribution < 1.29 is 14.0 Å². The first kappa shape index (κ1) is 22.1. The van der Waals surface area contributed by atoms with Crippen LogP contribution >= 0.6 is 11.8 Å². The molecule has 1 heterocycles. The van der Waals surface area contributed by atoms with E-state index in [4.69, 9.17) is 0 Å². The van der Waals surface area contributed by atoms with Gasteiger partial charge in [0.1, 0.15) is 11.2 Å². The number of carbonyl (C=O) groups is 2. The monoisotopic (exact) mass is 448 g/mol. The van der Waals surface area contributed by atoms with E-state index in [2.05, 4.69) is 30.4 Å². The first-order valence-corrected chi connectivity index (χ1v) is 11.6. The molecule has 2 amide bonds. The largest absolute Gasteiger partial charge is 0.352 e. The molecule has 0 aromatic heterocycles. The molecule has 0 radical (unpaired) electrons. The van der Waals surface area contributed by atoms with Crippen LogP contribution in [-0.2, 0) is 11.2 Å². The van der Waals surface area contributed by atoms with Crippen LogP contribution in [0.1, 0.15) is 38.0 Å². The van der Waals surface area contributed by atoms with Crippen LogP contribution in [-0.4, -0.2) is 24.1 Å². The van der Waals surface area contributed by atoms with Crippen LogP contribution in [0, 0.1) is 19.7 Å². The molecular weight excluding hydrogens is 423 g/mol. The SMILES string of the molecule is Cc1cccc(CCNC(=O)c2ccc(N3C(=O)CSC3c3ccc(F)cc3)c(C)c2)c1. The van der Waals surface area contributed by atoms with Crippen molar-refractivity contribution in [1.82, 2.24) is 5.32 Å². The Bertz CT molecular complexity index is 1150. The van der Waals surface area contributed by atoms with E-state index in [-0.39, 0.29) is 23.0 Å². The summed E-state index contributed by atoms with van der Waals surface area (Å²) in [6.45, 7) is 4.50. The summed E-state index contributed by atoms with van der Waals surface area (Å²) in [6, 6.07) is 19.9. The molecule has 4 nitrogen and oxygen atoms in total. The van der Waals surface area contributed by atoms with E-state index < -0.39 is 0 Å². The molecule has 164 valence electrons. The molecule has 0 spiro atoms. The smallest absolute Gasteiger partial charge is 0.251 e. The van der Waals surface area contributed by atoms with Crippen LogP contribution in [0.15, 0.2) is 66.7 Å². The number of hydrogen-bond acceptors (Lipinski definition) is 3. The van der Waals surface area contributed by atoms with Crippen LogP contribution in [0.25, 0.3) is 0 Å². The van der Waals surface area contributed by atoms with Crippen LogP contribution in [0.2, 0.25) is 0 Å². The lowest BCUT2D eigenvalue weighted by molar-refractivity contribution is -0.115. The van der Waals surface area contributed by atoms with E-state index in [1.807, 2.05) is 25.1 Å². The molecule has 1 aliphatic rings. The topological polar surface area (TPSA) is 49.4 Å². The Morgan fingerprint density at radius 3 is 2.59 bits per heavy atom. The third-order valence-corrected chi connectivity index (χ3v) is 6.74. The van der Waals surface area contributed by atoms with Crippen LogP contribution in [0.5, 0.6) is 0 Å². The van der Waals surface area contributed by atoms with Crippen LogP contribution < -0.4 is 10.2 Å². The lowest BCUT2D eigenvalue weighted by Gasteiger charge is -2.26. The molecule has 3 aromatic rings. The van der Waals surface area contributed by atoms with Crippen molar-refractivity contribution in [3.63, 3.8) is 0 Å². The number of rotatable bonds is 6. The Morgan fingerprint density at radius 1 is 1.09 bits per heavy atom. The van der Waals surface area contributed by atoms with Gasteiger partial charge in [-0.05, 0) is 67.3 Å². The van der Waals surface area contributed by atoms with Gasteiger partial charge < -0.3 is 5.32 Å². The Hall–Kier alpha value is -3.12. The number of nitrogens with one attached hydrogen (secondary N) is 1. The molecule has 1 saturated heterocycles. The zero-order valence-corrected chi connectivity index (χ0v) is 18.9. The second-order valence-corrected chi connectivity index (χ2v) is 9.04. The molecule has 3 aromatic carbocycles. The zero-order chi connectivity index (χ0) is 22.7. The second kappa shape index (κ2) is 9.57. The quantitative estimate of drug-likeness (QED) is 0.564. The molecule has 1 fully saturated rings. The number of amides is 2. The predicted octanol–water partition coefficient (Wildman–Crippen LogP) is 5.19. The fourth-order valence-electron chi connectivity index (χ4n) is 3.92. The number of halogens is 1. The average molecular weight is 449 g/mol. The number of hydrogen-bond donors (Lipinski definition) is 1. The predicted molar refractivity (Wildman–Crippen MR) is 127 cm³/mol. The molecule has 1 aliphatic heterocycles. The average Bonchev–Trinajstić information content (AvgIpc) is 3.15. The number of aryl methyl sites for hydroxylation is 2. The molecule has 1 N–H and O–H groups in total. The molecule has 1 atom stereocenters. The maximum atomic E-state index is 13.3. The van der Waals surface area contributed by atoms with E-state index in [0.717, 1.165) is 23.2 Å². The molecule has 6 heteroatoms. The molecule has 32 heavy (non-hydrogen) atoms. The number of anilines is 1. The highest BCUT2D eigenvalue weighted by molar-refractivity contribution is 8.00. The van der Waals surface area contributed by atoms with E-state index in [0.29, 0.717) is 17.9 Å². The molecule has 0 saturated carbocycles. The second-order valence-electron chi connectivity index (χ2n) is 7.97. The molecular formula is C26H25FN2O2S. The van der Waals surface area contributed by atoms with E-state index >= 15 is 0 Å². The highest BCUT2D eigenvalue weighted by atomic mass is 32.2. The van der Waals surface area contributed by atoms with Gasteiger partial charge in [-0.2, -0.15) is 0 Å². The van der Waals surface area contributed by atoms with Gasteiger partial charge in [-0.25, -0.2) is 4.39 Å². The maximum Gasteiger partial charge on any atom is 0.251 e. The summed E-state index contributed by atoms with van der Waals surface area (Å²) in [5, 5.41) is 2.76. The van der Waals surface area contributed by atoms with Gasteiger partial charge in [-0.3, -0.25) is 14.5 Å². The molecule has 0 bridgehead atoms. The summed E-state index contributed by atoms with van der Waals surface area (Å²) >= 11 is 1.52. The van der Waals surface area contributed by atoms with Gasteiger partial charge in [0, 0.05) is 17.8 Å². The minimum atomic E-state index is -0.302. The normalized spacial score (nSPS) is 15.8. The lowest BCUT2D eigenvalue weighted by atomic mass is 10.1. The summed E-state index contributed by atoms with van der Waals surface area (Å²) in [5.41, 5.74) is 5.44. The summed E-state index contributed by atoms with van der Waals surface area (Å²) in [5.74, 6) is -0.0706. The van der Waals surface area contributed by atoms with Gasteiger partial charge >= 0.3 is 0 Å². The maximum absolute atomic E-state index is 13.3. The molecule has 0 aliphatic carbocycles. The molecule has 4 rings (SSSR count). The summed E-state index contributed by atoms with van der Waals surface area (Å²) in [7, 11) is 0. The fourth-order valence-corrected chi connectivity index (χ4v) is 5.08. The standard InChI is InChI=1S/C26H25FN2O2S/c1-17-4-3-5-19(14-17)12-13-28-25(31)21-8-11-23(18(2)15-21)29-24(30)16-32-26(29)20-6-9-22(27)10-7-20/h3-11,14-15,26H,12-13,16H2,1-2H3,(H,28,31). The minimum Gasteiger partial charge on any atom is -0.352 e. The van der Waals surface area contributed by atoms with Crippen molar-refractivity contribution in [2.75, 3.05) is 17.2 Å². The van der Waals surface area contributed by atoms with Crippen molar-refractivity contribution >= 4 is 29.3 Å². The van der Waals surface area contributed by atoms with Crippen LogP contribution in [0.3, 0.4) is 0 Å². The summed E-state index contributed by atoms with van der Waals surface area (Å²) in [6.07, 6.45) is 0.767. The van der Waals surface area contributed by atoms with Crippen LogP contribution in [0.4, 0.5) is 10.1 Å². The van der Waals surface area contributed by atoms with Gasteiger partial charge in [0.15, 0.2) is 0 Å². The van der Waals surface area contributed by atoms with E-state index in [9.17, 15) is 14.0 Å².